The van der Waals surface area contributed by atoms with Crippen molar-refractivity contribution >= 4 is 12.1 Å². The van der Waals surface area contributed by atoms with Crippen LogP contribution in [0.2, 0.25) is 0 Å². The first-order chi connectivity index (χ1) is 22.8. The van der Waals surface area contributed by atoms with Crippen LogP contribution in [0, 0.1) is 6.92 Å². The van der Waals surface area contributed by atoms with E-state index in [0.29, 0.717) is 39.9 Å². The lowest BCUT2D eigenvalue weighted by atomic mass is 9.92. The summed E-state index contributed by atoms with van der Waals surface area (Å²) in [5.41, 5.74) is -1.72. The van der Waals surface area contributed by atoms with E-state index < -0.39 is 71.5 Å². The van der Waals surface area contributed by atoms with E-state index in [9.17, 15) is 49.1 Å². The standard InChI is InChI=1S/C35H26F9NO4/c1-18-11-22(31(46)48-3)7-9-28(18)20-5-4-6-21(12-20)29-10-8-25(33(36,37)38)15-24(29)17-45-19(2)30(49-32(45)47)23-13-26(34(39,40)41)16-27(14-23)35(42,43)44/h4-16,19,30H,17H2,1-3H3/t19-,30-/m0/s1. The third-order valence-corrected chi connectivity index (χ3v) is 8.24. The Balaban J connectivity index is 1.54. The van der Waals surface area contributed by atoms with Crippen LogP contribution in [0.15, 0.2) is 78.9 Å². The Bertz CT molecular complexity index is 1880. The predicted molar refractivity (Wildman–Crippen MR) is 159 cm³/mol. The van der Waals surface area contributed by atoms with Crippen LogP contribution < -0.4 is 0 Å². The fourth-order valence-corrected chi connectivity index (χ4v) is 5.76. The summed E-state index contributed by atoms with van der Waals surface area (Å²) in [4.78, 5) is 26.0. The molecular weight excluding hydrogens is 669 g/mol. The smallest absolute Gasteiger partial charge is 0.416 e. The van der Waals surface area contributed by atoms with Gasteiger partial charge in [-0.1, -0.05) is 30.3 Å². The van der Waals surface area contributed by atoms with Crippen molar-refractivity contribution in [3.8, 4) is 22.3 Å². The summed E-state index contributed by atoms with van der Waals surface area (Å²) in [6.07, 6.45) is -17.8. The summed E-state index contributed by atoms with van der Waals surface area (Å²) in [5.74, 6) is -0.538. The van der Waals surface area contributed by atoms with Crippen molar-refractivity contribution in [3.05, 3.63) is 118 Å². The Hall–Kier alpha value is -5.01. The molecule has 1 saturated heterocycles. The molecule has 14 heteroatoms. The van der Waals surface area contributed by atoms with E-state index in [1.165, 1.54) is 20.1 Å². The monoisotopic (exact) mass is 695 g/mol. The highest BCUT2D eigenvalue weighted by atomic mass is 19.4. The van der Waals surface area contributed by atoms with Gasteiger partial charge in [-0.05, 0) is 101 Å². The van der Waals surface area contributed by atoms with Gasteiger partial charge < -0.3 is 9.47 Å². The molecule has 0 aromatic heterocycles. The molecule has 2 atom stereocenters. The molecule has 1 heterocycles. The number of benzene rings is 4. The molecule has 0 saturated carbocycles. The Morgan fingerprint density at radius 3 is 1.88 bits per heavy atom. The van der Waals surface area contributed by atoms with Crippen molar-refractivity contribution in [3.63, 3.8) is 0 Å². The Morgan fingerprint density at radius 1 is 0.755 bits per heavy atom. The van der Waals surface area contributed by atoms with Gasteiger partial charge in [0.2, 0.25) is 0 Å². The van der Waals surface area contributed by atoms with Crippen LogP contribution in [-0.4, -0.2) is 30.1 Å². The van der Waals surface area contributed by atoms with Gasteiger partial charge in [0.15, 0.2) is 0 Å². The van der Waals surface area contributed by atoms with Crippen LogP contribution >= 0.6 is 0 Å². The summed E-state index contributed by atoms with van der Waals surface area (Å²) in [6.45, 7) is 2.56. The topological polar surface area (TPSA) is 55.8 Å². The van der Waals surface area contributed by atoms with E-state index in [2.05, 4.69) is 0 Å². The molecule has 5 nitrogen and oxygen atoms in total. The average molecular weight is 696 g/mol. The molecule has 0 bridgehead atoms. The summed E-state index contributed by atoms with van der Waals surface area (Å²) in [7, 11) is 1.24. The van der Waals surface area contributed by atoms with Crippen molar-refractivity contribution in [2.75, 3.05) is 7.11 Å². The van der Waals surface area contributed by atoms with Crippen LogP contribution in [0.25, 0.3) is 22.3 Å². The van der Waals surface area contributed by atoms with E-state index >= 15 is 0 Å². The van der Waals surface area contributed by atoms with Crippen LogP contribution in [0.1, 0.15) is 56.8 Å². The SMILES string of the molecule is COC(=O)c1ccc(-c2cccc(-c3ccc(C(F)(F)F)cc3CN3C(=O)O[C@H](c4cc(C(F)(F)F)cc(C(F)(F)F)c4)[C@@H]3C)c2)c(C)c1. The maximum atomic E-state index is 13.8. The molecule has 0 aliphatic carbocycles. The summed E-state index contributed by atoms with van der Waals surface area (Å²) in [6, 6.07) is 14.2. The van der Waals surface area contributed by atoms with Crippen LogP contribution in [0.5, 0.6) is 0 Å². The van der Waals surface area contributed by atoms with Crippen molar-refractivity contribution in [2.24, 2.45) is 0 Å². The molecule has 5 rings (SSSR count). The highest BCUT2D eigenvalue weighted by Crippen LogP contribution is 2.42. The number of esters is 1. The number of carbonyl (C=O) groups excluding carboxylic acids is 2. The number of hydrogen-bond donors (Lipinski definition) is 0. The zero-order valence-electron chi connectivity index (χ0n) is 25.8. The molecule has 1 aliphatic heterocycles. The van der Waals surface area contributed by atoms with E-state index in [-0.39, 0.29) is 17.2 Å². The third kappa shape index (κ3) is 7.37. The minimum atomic E-state index is -5.15. The van der Waals surface area contributed by atoms with Crippen molar-refractivity contribution in [1.29, 1.82) is 0 Å². The van der Waals surface area contributed by atoms with Gasteiger partial charge in [-0.2, -0.15) is 39.5 Å². The predicted octanol–water partition coefficient (Wildman–Crippen LogP) is 10.3. The van der Waals surface area contributed by atoms with Gasteiger partial charge in [0, 0.05) is 0 Å². The Labute approximate surface area is 273 Å². The van der Waals surface area contributed by atoms with Gasteiger partial charge in [0.1, 0.15) is 6.10 Å². The van der Waals surface area contributed by atoms with E-state index in [1.54, 1.807) is 49.4 Å². The summed E-state index contributed by atoms with van der Waals surface area (Å²) >= 11 is 0. The summed E-state index contributed by atoms with van der Waals surface area (Å²) in [5, 5.41) is 0. The lowest BCUT2D eigenvalue weighted by Gasteiger charge is -2.24. The first kappa shape index (κ1) is 35.3. The molecule has 0 radical (unpaired) electrons. The minimum Gasteiger partial charge on any atom is -0.465 e. The third-order valence-electron chi connectivity index (χ3n) is 8.24. The molecule has 4 aromatic rings. The Kier molecular flexibility index (Phi) is 9.21. The fraction of sp³-hybridized carbons (Fsp3) is 0.257. The van der Waals surface area contributed by atoms with E-state index in [1.807, 2.05) is 0 Å². The molecule has 1 aliphatic rings. The van der Waals surface area contributed by atoms with Crippen molar-refractivity contribution < 1.29 is 58.6 Å². The number of rotatable bonds is 6. The number of methoxy groups -OCH3 is 1. The molecule has 49 heavy (non-hydrogen) atoms. The lowest BCUT2D eigenvalue weighted by Crippen LogP contribution is -2.32. The molecule has 1 fully saturated rings. The van der Waals surface area contributed by atoms with Gasteiger partial charge in [-0.15, -0.1) is 0 Å². The number of hydrogen-bond acceptors (Lipinski definition) is 4. The number of carbonyl (C=O) groups is 2. The number of nitrogens with zero attached hydrogens (tertiary/aromatic N) is 1. The molecule has 0 N–H and O–H groups in total. The van der Waals surface area contributed by atoms with E-state index in [0.717, 1.165) is 17.0 Å². The molecule has 1 amide bonds. The largest absolute Gasteiger partial charge is 0.465 e. The number of amides is 1. The number of aryl methyl sites for hydroxylation is 1. The van der Waals surface area contributed by atoms with Gasteiger partial charge in [-0.25, -0.2) is 9.59 Å². The number of ether oxygens (including phenoxy) is 2. The van der Waals surface area contributed by atoms with Crippen LogP contribution in [0.3, 0.4) is 0 Å². The van der Waals surface area contributed by atoms with Crippen LogP contribution in [0.4, 0.5) is 44.3 Å². The maximum absolute atomic E-state index is 13.8. The first-order valence-corrected chi connectivity index (χ1v) is 14.5. The van der Waals surface area contributed by atoms with Crippen molar-refractivity contribution in [2.45, 2.75) is 51.1 Å². The summed E-state index contributed by atoms with van der Waals surface area (Å²) < 4.78 is 133. The van der Waals surface area contributed by atoms with Gasteiger partial charge in [0.25, 0.3) is 0 Å². The van der Waals surface area contributed by atoms with Gasteiger partial charge in [-0.3, -0.25) is 4.90 Å². The Morgan fingerprint density at radius 2 is 1.33 bits per heavy atom. The average Bonchev–Trinajstić information content (AvgIpc) is 3.31. The second-order valence-electron chi connectivity index (χ2n) is 11.5. The van der Waals surface area contributed by atoms with Crippen LogP contribution in [-0.2, 0) is 34.5 Å². The number of cyclic esters (lactones) is 1. The molecule has 4 aromatic carbocycles. The highest BCUT2D eigenvalue weighted by molar-refractivity contribution is 5.90. The number of halogens is 9. The lowest BCUT2D eigenvalue weighted by molar-refractivity contribution is -0.143. The quantitative estimate of drug-likeness (QED) is 0.149. The molecular formula is C35H26F9NO4. The second-order valence-corrected chi connectivity index (χ2v) is 11.5. The molecule has 258 valence electrons. The zero-order chi connectivity index (χ0) is 36.1. The molecule has 0 unspecified atom stereocenters. The van der Waals surface area contributed by atoms with Gasteiger partial charge in [0.05, 0.1) is 42.0 Å². The van der Waals surface area contributed by atoms with E-state index in [4.69, 9.17) is 9.47 Å². The first-order valence-electron chi connectivity index (χ1n) is 14.5. The number of alkyl halides is 9. The fourth-order valence-electron chi connectivity index (χ4n) is 5.76. The highest BCUT2D eigenvalue weighted by Gasteiger charge is 2.43. The zero-order valence-corrected chi connectivity index (χ0v) is 25.8. The maximum Gasteiger partial charge on any atom is 0.416 e. The van der Waals surface area contributed by atoms with Crippen molar-refractivity contribution in [1.82, 2.24) is 4.90 Å². The minimum absolute atomic E-state index is 0.00536. The second kappa shape index (κ2) is 12.8. The van der Waals surface area contributed by atoms with Gasteiger partial charge >= 0.3 is 30.6 Å². The molecule has 0 spiro atoms. The normalized spacial score (nSPS) is 16.9.